The fraction of sp³-hybridized carbons (Fsp3) is 0.500. The number of fused-ring (bicyclic) bond motifs is 1. The Morgan fingerprint density at radius 2 is 1.88 bits per heavy atom. The Labute approximate surface area is 148 Å². The van der Waals surface area contributed by atoms with Crippen LogP contribution in [0.25, 0.3) is 11.4 Å². The van der Waals surface area contributed by atoms with E-state index in [9.17, 15) is 0 Å². The maximum absolute atomic E-state index is 4.85. The lowest BCUT2D eigenvalue weighted by Crippen LogP contribution is -2.32. The first-order valence-electron chi connectivity index (χ1n) is 8.98. The van der Waals surface area contributed by atoms with Crippen LogP contribution in [-0.2, 0) is 13.0 Å². The second-order valence-corrected chi connectivity index (χ2v) is 6.89. The molecule has 25 heavy (non-hydrogen) atoms. The molecule has 2 aliphatic heterocycles. The Hall–Kier alpha value is -2.09. The highest BCUT2D eigenvalue weighted by Gasteiger charge is 2.30. The Kier molecular flexibility index (Phi) is 4.61. The summed E-state index contributed by atoms with van der Waals surface area (Å²) in [6.07, 6.45) is 4.52. The van der Waals surface area contributed by atoms with Crippen molar-refractivity contribution in [3.8, 4) is 11.4 Å². The number of nitrogens with zero attached hydrogens (tertiary/aromatic N) is 3. The lowest BCUT2D eigenvalue weighted by molar-refractivity contribution is 0.466. The second kappa shape index (κ2) is 7.03. The number of pyridine rings is 1. The molecule has 7 heteroatoms. The summed E-state index contributed by atoms with van der Waals surface area (Å²) in [6, 6.07) is 4.77. The van der Waals surface area contributed by atoms with Crippen LogP contribution in [0, 0.1) is 5.92 Å². The molecule has 7 nitrogen and oxygen atoms in total. The number of hydrogen-bond donors (Lipinski definition) is 4. The molecule has 0 radical (unpaired) electrons. The van der Waals surface area contributed by atoms with Crippen LogP contribution in [0.2, 0.25) is 0 Å². The quantitative estimate of drug-likeness (QED) is 0.663. The third-order valence-corrected chi connectivity index (χ3v) is 5.20. The zero-order valence-corrected chi connectivity index (χ0v) is 14.7. The molecule has 1 saturated heterocycles. The number of hydrazine groups is 1. The summed E-state index contributed by atoms with van der Waals surface area (Å²) in [5, 5.41) is 7.02. The van der Waals surface area contributed by atoms with Gasteiger partial charge in [0.05, 0.1) is 5.69 Å². The molecule has 0 bridgehead atoms. The van der Waals surface area contributed by atoms with Crippen molar-refractivity contribution in [1.82, 2.24) is 31.1 Å². The first-order valence-corrected chi connectivity index (χ1v) is 8.98. The fourth-order valence-corrected chi connectivity index (χ4v) is 3.61. The molecule has 132 valence electrons. The highest BCUT2D eigenvalue weighted by atomic mass is 15.4. The number of nitrogens with one attached hydrogen (secondary N) is 4. The number of hydrogen-bond acceptors (Lipinski definition) is 7. The van der Waals surface area contributed by atoms with E-state index in [2.05, 4.69) is 40.3 Å². The number of anilines is 1. The first-order chi connectivity index (χ1) is 12.2. The van der Waals surface area contributed by atoms with Gasteiger partial charge in [-0.05, 0) is 38.9 Å². The Morgan fingerprint density at radius 1 is 1.12 bits per heavy atom. The molecule has 2 aliphatic rings. The van der Waals surface area contributed by atoms with Gasteiger partial charge in [0.25, 0.3) is 0 Å². The summed E-state index contributed by atoms with van der Waals surface area (Å²) in [5.74, 6) is 2.25. The van der Waals surface area contributed by atoms with E-state index in [4.69, 9.17) is 9.97 Å². The van der Waals surface area contributed by atoms with Crippen LogP contribution < -0.4 is 21.5 Å². The lowest BCUT2D eigenvalue weighted by atomic mass is 9.96. The Morgan fingerprint density at radius 3 is 2.64 bits per heavy atom. The van der Waals surface area contributed by atoms with Crippen molar-refractivity contribution in [1.29, 1.82) is 0 Å². The van der Waals surface area contributed by atoms with Crippen molar-refractivity contribution < 1.29 is 0 Å². The number of rotatable bonds is 4. The summed E-state index contributed by atoms with van der Waals surface area (Å²) in [6.45, 7) is 7.08. The van der Waals surface area contributed by atoms with E-state index >= 15 is 0 Å². The van der Waals surface area contributed by atoms with Crippen molar-refractivity contribution in [3.63, 3.8) is 0 Å². The minimum Gasteiger partial charge on any atom is -0.369 e. The molecular formula is C18H25N7. The van der Waals surface area contributed by atoms with Crippen molar-refractivity contribution >= 4 is 5.82 Å². The van der Waals surface area contributed by atoms with Crippen molar-refractivity contribution in [3.05, 3.63) is 35.8 Å². The van der Waals surface area contributed by atoms with Crippen molar-refractivity contribution in [2.75, 3.05) is 18.4 Å². The molecule has 1 fully saturated rings. The number of aromatic nitrogens is 3. The molecule has 2 aromatic rings. The van der Waals surface area contributed by atoms with Crippen LogP contribution in [0.5, 0.6) is 0 Å². The molecule has 0 saturated carbocycles. The molecule has 0 amide bonds. The topological polar surface area (TPSA) is 86.8 Å². The van der Waals surface area contributed by atoms with Crippen molar-refractivity contribution in [2.45, 2.75) is 38.9 Å². The monoisotopic (exact) mass is 339 g/mol. The average Bonchev–Trinajstić information content (AvgIpc) is 2.98. The van der Waals surface area contributed by atoms with Gasteiger partial charge in [0.2, 0.25) is 0 Å². The van der Waals surface area contributed by atoms with E-state index < -0.39 is 0 Å². The van der Waals surface area contributed by atoms with Crippen LogP contribution in [0.15, 0.2) is 24.5 Å². The van der Waals surface area contributed by atoms with Gasteiger partial charge in [-0.2, -0.15) is 0 Å². The van der Waals surface area contributed by atoms with E-state index in [1.54, 1.807) is 12.4 Å². The van der Waals surface area contributed by atoms with Crippen LogP contribution in [-0.4, -0.2) is 40.1 Å². The highest BCUT2D eigenvalue weighted by Crippen LogP contribution is 2.25. The third kappa shape index (κ3) is 3.35. The Balaban J connectivity index is 1.63. The van der Waals surface area contributed by atoms with Gasteiger partial charge in [-0.25, -0.2) is 9.97 Å². The van der Waals surface area contributed by atoms with Gasteiger partial charge in [0.15, 0.2) is 5.82 Å². The first kappa shape index (κ1) is 16.4. The lowest BCUT2D eigenvalue weighted by Gasteiger charge is -2.23. The van der Waals surface area contributed by atoms with Crippen molar-refractivity contribution in [2.24, 2.45) is 5.92 Å². The molecule has 4 rings (SSSR count). The van der Waals surface area contributed by atoms with Crippen LogP contribution >= 0.6 is 0 Å². The van der Waals surface area contributed by atoms with E-state index in [-0.39, 0.29) is 0 Å². The van der Waals surface area contributed by atoms with Gasteiger partial charge in [0.1, 0.15) is 5.82 Å². The van der Waals surface area contributed by atoms with Gasteiger partial charge >= 0.3 is 0 Å². The van der Waals surface area contributed by atoms with Crippen LogP contribution in [0.1, 0.15) is 25.1 Å². The predicted molar refractivity (Wildman–Crippen MR) is 97.8 cm³/mol. The van der Waals surface area contributed by atoms with Gasteiger partial charge < -0.3 is 10.6 Å². The minimum absolute atomic E-state index is 0.432. The smallest absolute Gasteiger partial charge is 0.161 e. The van der Waals surface area contributed by atoms with E-state index in [1.807, 2.05) is 12.1 Å². The molecule has 4 heterocycles. The van der Waals surface area contributed by atoms with Gasteiger partial charge in [-0.3, -0.25) is 15.8 Å². The summed E-state index contributed by atoms with van der Waals surface area (Å²) in [7, 11) is 0. The van der Waals surface area contributed by atoms with E-state index in [1.165, 1.54) is 5.56 Å². The van der Waals surface area contributed by atoms with E-state index in [0.717, 1.165) is 49.0 Å². The molecular weight excluding hydrogens is 314 g/mol. The standard InChI is InChI=1S/C18H25N7/c1-11-15(12(2)25-24-11)9-21-18-14-5-8-20-10-16(14)22-17(23-18)13-3-6-19-7-4-13/h3-4,6-7,11-12,15,20,24-25H,5,8-10H2,1-2H3,(H,21,22,23). The second-order valence-electron chi connectivity index (χ2n) is 6.89. The predicted octanol–water partition coefficient (Wildman–Crippen LogP) is 1.10. The molecule has 0 aromatic carbocycles. The summed E-state index contributed by atoms with van der Waals surface area (Å²) < 4.78 is 0. The molecule has 2 aromatic heterocycles. The third-order valence-electron chi connectivity index (χ3n) is 5.20. The zero-order valence-electron chi connectivity index (χ0n) is 14.7. The zero-order chi connectivity index (χ0) is 17.2. The molecule has 0 aliphatic carbocycles. The van der Waals surface area contributed by atoms with E-state index in [0.29, 0.717) is 18.0 Å². The SMILES string of the molecule is CC1NNC(C)C1CNc1nc(-c2ccncc2)nc2c1CCNC2. The highest BCUT2D eigenvalue weighted by molar-refractivity contribution is 5.59. The summed E-state index contributed by atoms with van der Waals surface area (Å²) >= 11 is 0. The minimum atomic E-state index is 0.432. The maximum Gasteiger partial charge on any atom is 0.161 e. The molecule has 4 N–H and O–H groups in total. The summed E-state index contributed by atoms with van der Waals surface area (Å²) in [5.41, 5.74) is 9.97. The van der Waals surface area contributed by atoms with Crippen LogP contribution in [0.3, 0.4) is 0 Å². The Bertz CT molecular complexity index is 724. The van der Waals surface area contributed by atoms with Gasteiger partial charge in [-0.15, -0.1) is 0 Å². The van der Waals surface area contributed by atoms with Gasteiger partial charge in [0, 0.05) is 54.6 Å². The van der Waals surface area contributed by atoms with Gasteiger partial charge in [-0.1, -0.05) is 0 Å². The fourth-order valence-electron chi connectivity index (χ4n) is 3.61. The maximum atomic E-state index is 4.85. The normalized spacial score (nSPS) is 25.6. The molecule has 2 unspecified atom stereocenters. The molecule has 2 atom stereocenters. The molecule has 0 spiro atoms. The largest absolute Gasteiger partial charge is 0.369 e. The van der Waals surface area contributed by atoms with Crippen LogP contribution in [0.4, 0.5) is 5.82 Å². The summed E-state index contributed by atoms with van der Waals surface area (Å²) in [4.78, 5) is 13.7. The average molecular weight is 339 g/mol.